The summed E-state index contributed by atoms with van der Waals surface area (Å²) in [6, 6.07) is 19.8. The molecule has 0 bridgehead atoms. The van der Waals surface area contributed by atoms with Crippen LogP contribution in [-0.2, 0) is 6.54 Å². The van der Waals surface area contributed by atoms with E-state index in [2.05, 4.69) is 15.3 Å². The highest BCUT2D eigenvalue weighted by atomic mass is 16.1. The van der Waals surface area contributed by atoms with E-state index in [4.69, 9.17) is 0 Å². The molecule has 0 aliphatic carbocycles. The van der Waals surface area contributed by atoms with E-state index in [1.807, 2.05) is 73.3 Å². The number of amides is 1. The second-order valence-corrected chi connectivity index (χ2v) is 6.01. The smallest absolute Gasteiger partial charge is 0.270 e. The Hall–Kier alpha value is -3.21. The van der Waals surface area contributed by atoms with Crippen LogP contribution in [0, 0.1) is 6.92 Å². The Morgan fingerprint density at radius 2 is 1.77 bits per heavy atom. The van der Waals surface area contributed by atoms with Crippen LogP contribution in [0.1, 0.15) is 28.5 Å². The molecule has 132 valence electrons. The Kier molecular flexibility index (Phi) is 5.59. The molecule has 3 rings (SSSR count). The minimum Gasteiger partial charge on any atom is -0.347 e. The van der Waals surface area contributed by atoms with E-state index in [-0.39, 0.29) is 5.91 Å². The summed E-state index contributed by atoms with van der Waals surface area (Å²) in [5.74, 6) is 0.493. The van der Waals surface area contributed by atoms with Crippen LogP contribution in [0.15, 0.2) is 67.0 Å². The van der Waals surface area contributed by atoms with E-state index in [0.717, 1.165) is 17.8 Å². The van der Waals surface area contributed by atoms with Gasteiger partial charge in [0.25, 0.3) is 5.91 Å². The van der Waals surface area contributed by atoms with Crippen molar-refractivity contribution in [3.63, 3.8) is 0 Å². The van der Waals surface area contributed by atoms with E-state index in [1.165, 1.54) is 11.9 Å². The van der Waals surface area contributed by atoms with Gasteiger partial charge in [-0.1, -0.05) is 48.0 Å². The SMILES string of the molecule is CCN(c1ccccc1)c1cc(C(=O)NCc2ccc(C)cc2)ncn1. The molecule has 5 heteroatoms. The first-order valence-corrected chi connectivity index (χ1v) is 8.65. The zero-order chi connectivity index (χ0) is 18.4. The van der Waals surface area contributed by atoms with Crippen molar-refractivity contribution in [2.45, 2.75) is 20.4 Å². The molecular formula is C21H22N4O. The summed E-state index contributed by atoms with van der Waals surface area (Å²) in [7, 11) is 0. The summed E-state index contributed by atoms with van der Waals surface area (Å²) in [5, 5.41) is 2.91. The van der Waals surface area contributed by atoms with Crippen LogP contribution in [0.3, 0.4) is 0 Å². The van der Waals surface area contributed by atoms with E-state index in [9.17, 15) is 4.79 Å². The van der Waals surface area contributed by atoms with Crippen molar-refractivity contribution < 1.29 is 4.79 Å². The number of rotatable bonds is 6. The van der Waals surface area contributed by atoms with E-state index >= 15 is 0 Å². The highest BCUT2D eigenvalue weighted by molar-refractivity contribution is 5.93. The third kappa shape index (κ3) is 4.25. The van der Waals surface area contributed by atoms with Gasteiger partial charge in [0.15, 0.2) is 0 Å². The molecule has 1 N–H and O–H groups in total. The fraction of sp³-hybridized carbons (Fsp3) is 0.190. The first kappa shape index (κ1) is 17.6. The molecule has 1 amide bonds. The number of hydrogen-bond donors (Lipinski definition) is 1. The maximum atomic E-state index is 12.5. The van der Waals surface area contributed by atoms with Crippen LogP contribution in [0.25, 0.3) is 0 Å². The minimum absolute atomic E-state index is 0.210. The second kappa shape index (κ2) is 8.25. The average Bonchev–Trinajstić information content (AvgIpc) is 2.69. The van der Waals surface area contributed by atoms with E-state index in [1.54, 1.807) is 6.07 Å². The van der Waals surface area contributed by atoms with Crippen LogP contribution in [0.4, 0.5) is 11.5 Å². The Morgan fingerprint density at radius 3 is 2.46 bits per heavy atom. The fourth-order valence-corrected chi connectivity index (χ4v) is 2.68. The number of para-hydroxylation sites is 1. The molecule has 5 nitrogen and oxygen atoms in total. The van der Waals surface area contributed by atoms with Crippen molar-refractivity contribution in [2.75, 3.05) is 11.4 Å². The van der Waals surface area contributed by atoms with Gasteiger partial charge in [0, 0.05) is 24.8 Å². The Bertz CT molecular complexity index is 863. The average molecular weight is 346 g/mol. The van der Waals surface area contributed by atoms with E-state index < -0.39 is 0 Å². The lowest BCUT2D eigenvalue weighted by Gasteiger charge is -2.22. The zero-order valence-corrected chi connectivity index (χ0v) is 15.0. The standard InChI is InChI=1S/C21H22N4O/c1-3-25(18-7-5-4-6-8-18)20-13-19(23-15-24-20)21(26)22-14-17-11-9-16(2)10-12-17/h4-13,15H,3,14H2,1-2H3,(H,22,26). The van der Waals surface area contributed by atoms with Gasteiger partial charge >= 0.3 is 0 Å². The lowest BCUT2D eigenvalue weighted by Crippen LogP contribution is -2.25. The zero-order valence-electron chi connectivity index (χ0n) is 15.0. The van der Waals surface area contributed by atoms with Crippen molar-refractivity contribution in [2.24, 2.45) is 0 Å². The molecule has 0 fully saturated rings. The topological polar surface area (TPSA) is 58.1 Å². The summed E-state index contributed by atoms with van der Waals surface area (Å²) >= 11 is 0. The molecule has 0 aliphatic rings. The summed E-state index contributed by atoms with van der Waals surface area (Å²) in [6.45, 7) is 5.29. The molecule has 0 saturated heterocycles. The number of aromatic nitrogens is 2. The molecule has 0 radical (unpaired) electrons. The number of benzene rings is 2. The number of hydrogen-bond acceptors (Lipinski definition) is 4. The van der Waals surface area contributed by atoms with Crippen LogP contribution in [-0.4, -0.2) is 22.4 Å². The van der Waals surface area contributed by atoms with E-state index in [0.29, 0.717) is 18.1 Å². The van der Waals surface area contributed by atoms with Gasteiger partial charge in [0.2, 0.25) is 0 Å². The molecule has 0 aliphatic heterocycles. The maximum Gasteiger partial charge on any atom is 0.270 e. The second-order valence-electron chi connectivity index (χ2n) is 6.01. The van der Waals surface area contributed by atoms with Crippen LogP contribution >= 0.6 is 0 Å². The molecule has 1 heterocycles. The molecule has 0 unspecified atom stereocenters. The molecule has 0 saturated carbocycles. The number of nitrogens with one attached hydrogen (secondary N) is 1. The van der Waals surface area contributed by atoms with Gasteiger partial charge in [0.1, 0.15) is 17.8 Å². The van der Waals surface area contributed by atoms with Gasteiger partial charge in [-0.2, -0.15) is 0 Å². The fourth-order valence-electron chi connectivity index (χ4n) is 2.68. The normalized spacial score (nSPS) is 10.4. The first-order valence-electron chi connectivity index (χ1n) is 8.65. The van der Waals surface area contributed by atoms with Crippen LogP contribution < -0.4 is 10.2 Å². The number of nitrogens with zero attached hydrogens (tertiary/aromatic N) is 3. The molecule has 3 aromatic rings. The number of aryl methyl sites for hydroxylation is 1. The van der Waals surface area contributed by atoms with Gasteiger partial charge in [-0.05, 0) is 31.5 Å². The quantitative estimate of drug-likeness (QED) is 0.736. The third-order valence-electron chi connectivity index (χ3n) is 4.12. The largest absolute Gasteiger partial charge is 0.347 e. The highest BCUT2D eigenvalue weighted by Crippen LogP contribution is 2.22. The molecule has 1 aromatic heterocycles. The first-order chi connectivity index (χ1) is 12.7. The monoisotopic (exact) mass is 346 g/mol. The van der Waals surface area contributed by atoms with Crippen molar-refractivity contribution in [1.82, 2.24) is 15.3 Å². The van der Waals surface area contributed by atoms with Crippen molar-refractivity contribution >= 4 is 17.4 Å². The number of carbonyl (C=O) groups is 1. The molecule has 2 aromatic carbocycles. The minimum atomic E-state index is -0.210. The molecular weight excluding hydrogens is 324 g/mol. The van der Waals surface area contributed by atoms with Crippen molar-refractivity contribution in [3.05, 3.63) is 83.8 Å². The van der Waals surface area contributed by atoms with Crippen LogP contribution in [0.5, 0.6) is 0 Å². The number of anilines is 2. The van der Waals surface area contributed by atoms with Crippen LogP contribution in [0.2, 0.25) is 0 Å². The predicted octanol–water partition coefficient (Wildman–Crippen LogP) is 3.87. The van der Waals surface area contributed by atoms with Gasteiger partial charge < -0.3 is 10.2 Å². The summed E-state index contributed by atoms with van der Waals surface area (Å²) < 4.78 is 0. The molecule has 26 heavy (non-hydrogen) atoms. The maximum absolute atomic E-state index is 12.5. The lowest BCUT2D eigenvalue weighted by molar-refractivity contribution is 0.0946. The molecule has 0 atom stereocenters. The number of carbonyl (C=O) groups excluding carboxylic acids is 1. The summed E-state index contributed by atoms with van der Waals surface area (Å²) in [4.78, 5) is 23.0. The third-order valence-corrected chi connectivity index (χ3v) is 4.12. The molecule has 0 spiro atoms. The lowest BCUT2D eigenvalue weighted by atomic mass is 10.1. The van der Waals surface area contributed by atoms with Gasteiger partial charge in [0.05, 0.1) is 0 Å². The summed E-state index contributed by atoms with van der Waals surface area (Å²) in [6.07, 6.45) is 1.43. The Morgan fingerprint density at radius 1 is 1.04 bits per heavy atom. The highest BCUT2D eigenvalue weighted by Gasteiger charge is 2.13. The van der Waals surface area contributed by atoms with Crippen molar-refractivity contribution in [1.29, 1.82) is 0 Å². The van der Waals surface area contributed by atoms with Gasteiger partial charge in [-0.25, -0.2) is 9.97 Å². The Labute approximate surface area is 153 Å². The van der Waals surface area contributed by atoms with Gasteiger partial charge in [-0.15, -0.1) is 0 Å². The van der Waals surface area contributed by atoms with Gasteiger partial charge in [-0.3, -0.25) is 4.79 Å². The predicted molar refractivity (Wildman–Crippen MR) is 104 cm³/mol. The summed E-state index contributed by atoms with van der Waals surface area (Å²) in [5.41, 5.74) is 3.63. The van der Waals surface area contributed by atoms with Crippen molar-refractivity contribution in [3.8, 4) is 0 Å². The Balaban J connectivity index is 1.73.